The van der Waals surface area contributed by atoms with E-state index in [2.05, 4.69) is 51.1 Å². The second kappa shape index (κ2) is 9.45. The quantitative estimate of drug-likeness (QED) is 0.324. The molecule has 20 heavy (non-hydrogen) atoms. The highest BCUT2D eigenvalue weighted by molar-refractivity contribution is 6.24. The van der Waals surface area contributed by atoms with Crippen LogP contribution in [0.3, 0.4) is 0 Å². The van der Waals surface area contributed by atoms with Gasteiger partial charge in [-0.25, -0.2) is 0 Å². The van der Waals surface area contributed by atoms with Crippen molar-refractivity contribution in [3.63, 3.8) is 0 Å². The van der Waals surface area contributed by atoms with Crippen LogP contribution in [0.25, 0.3) is 0 Å². The molecule has 0 radical (unpaired) electrons. The summed E-state index contributed by atoms with van der Waals surface area (Å²) in [5, 5.41) is 0. The van der Waals surface area contributed by atoms with Crippen LogP contribution in [-0.4, -0.2) is 0 Å². The lowest BCUT2D eigenvalue weighted by Gasteiger charge is -2.32. The summed E-state index contributed by atoms with van der Waals surface area (Å²) in [6.45, 7) is 6.74. The third-order valence-corrected chi connectivity index (χ3v) is 5.16. The van der Waals surface area contributed by atoms with Gasteiger partial charge in [0.15, 0.2) is 0 Å². The van der Waals surface area contributed by atoms with E-state index in [-0.39, 0.29) is 4.87 Å². The molecule has 0 heterocycles. The minimum atomic E-state index is -0.190. The largest absolute Gasteiger partial charge is 0.114 e. The molecule has 1 aromatic carbocycles. The van der Waals surface area contributed by atoms with E-state index in [0.717, 1.165) is 6.42 Å². The Morgan fingerprint density at radius 3 is 2.00 bits per heavy atom. The fourth-order valence-electron chi connectivity index (χ4n) is 2.82. The Labute approximate surface area is 130 Å². The van der Waals surface area contributed by atoms with E-state index < -0.39 is 0 Å². The number of hydrogen-bond acceptors (Lipinski definition) is 0. The highest BCUT2D eigenvalue weighted by atomic mass is 35.5. The molecule has 0 aromatic heterocycles. The standard InChI is InChI=1S/C19H31Cl/c1-4-5-6-7-8-9-13-16-19(20,17(2)3)18-14-11-10-12-15-18/h10-12,14-15,17H,4-9,13,16H2,1-3H3. The number of hydrogen-bond donors (Lipinski definition) is 0. The van der Waals surface area contributed by atoms with Gasteiger partial charge in [0.2, 0.25) is 0 Å². The fraction of sp³-hybridized carbons (Fsp3) is 0.684. The monoisotopic (exact) mass is 294 g/mol. The average molecular weight is 295 g/mol. The molecule has 0 aliphatic rings. The number of alkyl halides is 1. The predicted octanol–water partition coefficient (Wildman–Crippen LogP) is 6.92. The van der Waals surface area contributed by atoms with Crippen molar-refractivity contribution in [2.24, 2.45) is 5.92 Å². The van der Waals surface area contributed by atoms with E-state index in [0.29, 0.717) is 5.92 Å². The minimum Gasteiger partial charge on any atom is -0.114 e. The molecule has 114 valence electrons. The second-order valence-corrected chi connectivity index (χ2v) is 6.93. The Hall–Kier alpha value is -0.490. The van der Waals surface area contributed by atoms with Gasteiger partial charge < -0.3 is 0 Å². The van der Waals surface area contributed by atoms with Crippen LogP contribution in [0.4, 0.5) is 0 Å². The van der Waals surface area contributed by atoms with Crippen molar-refractivity contribution in [1.29, 1.82) is 0 Å². The molecule has 1 aromatic rings. The molecule has 1 atom stereocenters. The molecule has 0 saturated carbocycles. The smallest absolute Gasteiger partial charge is 0.0717 e. The predicted molar refractivity (Wildman–Crippen MR) is 91.4 cm³/mol. The molecule has 1 rings (SSSR count). The van der Waals surface area contributed by atoms with Crippen molar-refractivity contribution in [3.05, 3.63) is 35.9 Å². The molecular formula is C19H31Cl. The van der Waals surface area contributed by atoms with Crippen molar-refractivity contribution in [2.75, 3.05) is 0 Å². The number of benzene rings is 1. The molecule has 0 bridgehead atoms. The average Bonchev–Trinajstić information content (AvgIpc) is 2.46. The zero-order chi connectivity index (χ0) is 14.8. The maximum absolute atomic E-state index is 6.96. The summed E-state index contributed by atoms with van der Waals surface area (Å²) in [6.07, 6.45) is 10.5. The summed E-state index contributed by atoms with van der Waals surface area (Å²) < 4.78 is 0. The SMILES string of the molecule is CCCCCCCCCC(Cl)(c1ccccc1)C(C)C. The van der Waals surface area contributed by atoms with Gasteiger partial charge in [-0.3, -0.25) is 0 Å². The van der Waals surface area contributed by atoms with Gasteiger partial charge in [-0.15, -0.1) is 11.6 Å². The Kier molecular flexibility index (Phi) is 8.30. The summed E-state index contributed by atoms with van der Waals surface area (Å²) in [5.41, 5.74) is 1.28. The van der Waals surface area contributed by atoms with Gasteiger partial charge in [-0.05, 0) is 17.9 Å². The number of rotatable bonds is 10. The highest BCUT2D eigenvalue weighted by Crippen LogP contribution is 2.41. The zero-order valence-electron chi connectivity index (χ0n) is 13.5. The van der Waals surface area contributed by atoms with E-state index in [9.17, 15) is 0 Å². The van der Waals surface area contributed by atoms with Gasteiger partial charge in [0.25, 0.3) is 0 Å². The van der Waals surface area contributed by atoms with E-state index >= 15 is 0 Å². The van der Waals surface area contributed by atoms with Crippen LogP contribution < -0.4 is 0 Å². The zero-order valence-corrected chi connectivity index (χ0v) is 14.3. The first-order valence-corrected chi connectivity index (χ1v) is 8.73. The van der Waals surface area contributed by atoms with Crippen LogP contribution in [0, 0.1) is 5.92 Å². The van der Waals surface area contributed by atoms with Crippen molar-refractivity contribution >= 4 is 11.6 Å². The van der Waals surface area contributed by atoms with Gasteiger partial charge >= 0.3 is 0 Å². The van der Waals surface area contributed by atoms with Crippen LogP contribution in [0.2, 0.25) is 0 Å². The Morgan fingerprint density at radius 1 is 0.900 bits per heavy atom. The molecule has 0 N–H and O–H groups in total. The Bertz CT molecular complexity index is 344. The minimum absolute atomic E-state index is 0.190. The molecular weight excluding hydrogens is 264 g/mol. The topological polar surface area (TPSA) is 0 Å². The van der Waals surface area contributed by atoms with Crippen molar-refractivity contribution < 1.29 is 0 Å². The summed E-state index contributed by atoms with van der Waals surface area (Å²) >= 11 is 6.96. The van der Waals surface area contributed by atoms with Crippen molar-refractivity contribution in [2.45, 2.75) is 77.0 Å². The molecule has 1 heteroatoms. The van der Waals surface area contributed by atoms with Crippen LogP contribution in [0.1, 0.15) is 77.7 Å². The summed E-state index contributed by atoms with van der Waals surface area (Å²) in [7, 11) is 0. The fourth-order valence-corrected chi connectivity index (χ4v) is 3.08. The van der Waals surface area contributed by atoms with Crippen molar-refractivity contribution in [1.82, 2.24) is 0 Å². The molecule has 0 aliphatic heterocycles. The Morgan fingerprint density at radius 2 is 1.45 bits per heavy atom. The lowest BCUT2D eigenvalue weighted by molar-refractivity contribution is 0.390. The molecule has 0 amide bonds. The molecule has 0 nitrogen and oxygen atoms in total. The van der Waals surface area contributed by atoms with Gasteiger partial charge in [-0.2, -0.15) is 0 Å². The highest BCUT2D eigenvalue weighted by Gasteiger charge is 2.32. The summed E-state index contributed by atoms with van der Waals surface area (Å²) in [6, 6.07) is 10.6. The van der Waals surface area contributed by atoms with Crippen LogP contribution in [0.15, 0.2) is 30.3 Å². The van der Waals surface area contributed by atoms with Crippen molar-refractivity contribution in [3.8, 4) is 0 Å². The normalized spacial score (nSPS) is 14.4. The summed E-state index contributed by atoms with van der Waals surface area (Å²) in [4.78, 5) is -0.190. The second-order valence-electron chi connectivity index (χ2n) is 6.25. The lowest BCUT2D eigenvalue weighted by Crippen LogP contribution is -2.25. The first-order valence-electron chi connectivity index (χ1n) is 8.35. The van der Waals surface area contributed by atoms with E-state index in [1.807, 2.05) is 0 Å². The number of halogens is 1. The van der Waals surface area contributed by atoms with Crippen LogP contribution in [0.5, 0.6) is 0 Å². The first kappa shape index (κ1) is 17.6. The third kappa shape index (κ3) is 5.48. The molecule has 0 fully saturated rings. The van der Waals surface area contributed by atoms with Gasteiger partial charge in [0, 0.05) is 0 Å². The van der Waals surface area contributed by atoms with E-state index in [1.54, 1.807) is 0 Å². The van der Waals surface area contributed by atoms with Gasteiger partial charge in [0.1, 0.15) is 0 Å². The van der Waals surface area contributed by atoms with Crippen LogP contribution in [-0.2, 0) is 4.87 Å². The van der Waals surface area contributed by atoms with Gasteiger partial charge in [0.05, 0.1) is 4.87 Å². The van der Waals surface area contributed by atoms with Gasteiger partial charge in [-0.1, -0.05) is 96.0 Å². The molecule has 0 saturated heterocycles. The summed E-state index contributed by atoms with van der Waals surface area (Å²) in [5.74, 6) is 0.464. The maximum Gasteiger partial charge on any atom is 0.0717 e. The molecule has 0 aliphatic carbocycles. The van der Waals surface area contributed by atoms with E-state index in [1.165, 1.54) is 50.5 Å². The Balaban J connectivity index is 2.40. The lowest BCUT2D eigenvalue weighted by atomic mass is 9.83. The number of unbranched alkanes of at least 4 members (excludes halogenated alkanes) is 6. The van der Waals surface area contributed by atoms with E-state index in [4.69, 9.17) is 11.6 Å². The molecule has 0 spiro atoms. The maximum atomic E-state index is 6.96. The third-order valence-electron chi connectivity index (χ3n) is 4.31. The molecule has 1 unspecified atom stereocenters. The van der Waals surface area contributed by atoms with Crippen LogP contribution >= 0.6 is 11.6 Å². The first-order chi connectivity index (χ1) is 9.61.